The summed E-state index contributed by atoms with van der Waals surface area (Å²) in [6.45, 7) is 0. The zero-order valence-electron chi connectivity index (χ0n) is 29.4. The summed E-state index contributed by atoms with van der Waals surface area (Å²) in [5.41, 5.74) is 17.4. The van der Waals surface area contributed by atoms with Gasteiger partial charge in [0.15, 0.2) is 0 Å². The maximum Gasteiger partial charge on any atom is 0.0541 e. The molecule has 12 rings (SSSR count). The lowest BCUT2D eigenvalue weighted by Gasteiger charge is -2.13. The minimum absolute atomic E-state index is 1.18. The molecule has 1 aliphatic rings. The highest BCUT2D eigenvalue weighted by molar-refractivity contribution is 6.19. The average molecular weight is 685 g/mol. The van der Waals surface area contributed by atoms with Crippen molar-refractivity contribution in [2.45, 2.75) is 0 Å². The van der Waals surface area contributed by atoms with Gasteiger partial charge in [0.1, 0.15) is 0 Å². The van der Waals surface area contributed by atoms with Crippen LogP contribution in [0.5, 0.6) is 0 Å². The van der Waals surface area contributed by atoms with Crippen LogP contribution in [0.25, 0.3) is 110 Å². The Morgan fingerprint density at radius 2 is 0.778 bits per heavy atom. The lowest BCUT2D eigenvalue weighted by Crippen LogP contribution is -1.95. The second-order valence-electron chi connectivity index (χ2n) is 14.5. The third-order valence-electron chi connectivity index (χ3n) is 11.7. The molecule has 2 heterocycles. The molecule has 0 amide bonds. The largest absolute Gasteiger partial charge is 0.309 e. The molecule has 54 heavy (non-hydrogen) atoms. The van der Waals surface area contributed by atoms with Crippen LogP contribution in [0.4, 0.5) is 0 Å². The van der Waals surface area contributed by atoms with Crippen molar-refractivity contribution in [1.82, 2.24) is 9.13 Å². The van der Waals surface area contributed by atoms with Crippen LogP contribution in [0, 0.1) is 0 Å². The van der Waals surface area contributed by atoms with E-state index in [9.17, 15) is 0 Å². The number of aromatic nitrogens is 2. The van der Waals surface area contributed by atoms with Crippen molar-refractivity contribution in [2.75, 3.05) is 0 Å². The molecule has 250 valence electrons. The standard InChI is InChI=1S/C52H32N2/c1-3-12-33(13-4-1)34-22-25-38-42-26-29-49(43-19-11-18-41(52(42)43)44(38)30-34)54-48-21-10-8-17-40(48)46-32-36(24-28-51(46)54)35-23-27-50-45(31-35)39-16-7-9-20-47(39)53(50)37-14-5-2-6-15-37/h1-32H. The first-order valence-corrected chi connectivity index (χ1v) is 18.7. The highest BCUT2D eigenvalue weighted by Gasteiger charge is 2.25. The maximum absolute atomic E-state index is 2.48. The Bertz CT molecular complexity index is 3310. The monoisotopic (exact) mass is 684 g/mol. The predicted molar refractivity (Wildman–Crippen MR) is 228 cm³/mol. The van der Waals surface area contributed by atoms with Crippen molar-refractivity contribution in [1.29, 1.82) is 0 Å². The SMILES string of the molecule is c1ccc(-c2ccc3c(c2)-c2cccc4c(-n5c6ccccc6c6cc(-c7ccc8c(c7)c7ccccc7n8-c7ccccc7)ccc65)ccc-3c24)cc1. The van der Waals surface area contributed by atoms with Crippen LogP contribution in [0.15, 0.2) is 194 Å². The summed E-state index contributed by atoms with van der Waals surface area (Å²) in [5, 5.41) is 7.65. The molecule has 2 aromatic heterocycles. The van der Waals surface area contributed by atoms with E-state index in [2.05, 4.69) is 203 Å². The van der Waals surface area contributed by atoms with E-state index in [1.807, 2.05) is 0 Å². The third-order valence-corrected chi connectivity index (χ3v) is 11.7. The third kappa shape index (κ3) is 4.11. The first-order chi connectivity index (χ1) is 26.8. The fourth-order valence-electron chi connectivity index (χ4n) is 9.27. The topological polar surface area (TPSA) is 9.86 Å². The van der Waals surface area contributed by atoms with Crippen LogP contribution < -0.4 is 0 Å². The minimum Gasteiger partial charge on any atom is -0.309 e. The van der Waals surface area contributed by atoms with Crippen molar-refractivity contribution >= 4 is 54.4 Å². The molecule has 0 atom stereocenters. The fraction of sp³-hybridized carbons (Fsp3) is 0. The number of nitrogens with zero attached hydrogens (tertiary/aromatic N) is 2. The van der Waals surface area contributed by atoms with Crippen molar-refractivity contribution < 1.29 is 0 Å². The van der Waals surface area contributed by atoms with Gasteiger partial charge in [-0.3, -0.25) is 0 Å². The second kappa shape index (κ2) is 11.2. The summed E-state index contributed by atoms with van der Waals surface area (Å²) < 4.78 is 4.86. The Morgan fingerprint density at radius 1 is 0.259 bits per heavy atom. The van der Waals surface area contributed by atoms with Crippen LogP contribution in [-0.4, -0.2) is 9.13 Å². The average Bonchev–Trinajstić information content (AvgIpc) is 3.87. The molecular formula is C52H32N2. The highest BCUT2D eigenvalue weighted by atomic mass is 15.0. The lowest BCUT2D eigenvalue weighted by molar-refractivity contribution is 1.18. The Balaban J connectivity index is 1.03. The molecule has 0 radical (unpaired) electrons. The number of rotatable bonds is 4. The Hall–Kier alpha value is -7.16. The molecule has 0 saturated carbocycles. The number of hydrogen-bond donors (Lipinski definition) is 0. The molecule has 0 saturated heterocycles. The Labute approximate surface area is 312 Å². The maximum atomic E-state index is 2.48. The first kappa shape index (κ1) is 29.4. The van der Waals surface area contributed by atoms with Crippen molar-refractivity contribution in [3.63, 3.8) is 0 Å². The summed E-state index contributed by atoms with van der Waals surface area (Å²) >= 11 is 0. The number of hydrogen-bond acceptors (Lipinski definition) is 0. The predicted octanol–water partition coefficient (Wildman–Crippen LogP) is 14.0. The minimum atomic E-state index is 1.18. The quantitative estimate of drug-likeness (QED) is 0.175. The molecule has 0 spiro atoms. The van der Waals surface area contributed by atoms with Gasteiger partial charge in [-0.15, -0.1) is 0 Å². The van der Waals surface area contributed by atoms with Gasteiger partial charge in [-0.2, -0.15) is 0 Å². The zero-order valence-corrected chi connectivity index (χ0v) is 29.4. The molecule has 0 fully saturated rings. The Kier molecular flexibility index (Phi) is 6.09. The van der Waals surface area contributed by atoms with E-state index in [1.54, 1.807) is 0 Å². The molecule has 2 nitrogen and oxygen atoms in total. The summed E-state index contributed by atoms with van der Waals surface area (Å²) in [6.07, 6.45) is 0. The summed E-state index contributed by atoms with van der Waals surface area (Å²) in [4.78, 5) is 0. The number of benzene rings is 9. The molecule has 0 aliphatic heterocycles. The van der Waals surface area contributed by atoms with E-state index in [0.29, 0.717) is 0 Å². The van der Waals surface area contributed by atoms with E-state index >= 15 is 0 Å². The van der Waals surface area contributed by atoms with Gasteiger partial charge >= 0.3 is 0 Å². The van der Waals surface area contributed by atoms with Gasteiger partial charge in [-0.05, 0) is 111 Å². The highest BCUT2D eigenvalue weighted by Crippen LogP contribution is 2.50. The van der Waals surface area contributed by atoms with Gasteiger partial charge in [0.2, 0.25) is 0 Å². The molecule has 1 aliphatic carbocycles. The van der Waals surface area contributed by atoms with Gasteiger partial charge in [-0.1, -0.05) is 133 Å². The van der Waals surface area contributed by atoms with Gasteiger partial charge in [0.25, 0.3) is 0 Å². The number of para-hydroxylation sites is 3. The molecule has 0 N–H and O–H groups in total. The van der Waals surface area contributed by atoms with E-state index in [1.165, 1.54) is 110 Å². The van der Waals surface area contributed by atoms with Crippen LogP contribution in [0.2, 0.25) is 0 Å². The molecule has 0 bridgehead atoms. The van der Waals surface area contributed by atoms with E-state index < -0.39 is 0 Å². The first-order valence-electron chi connectivity index (χ1n) is 18.7. The van der Waals surface area contributed by atoms with E-state index in [4.69, 9.17) is 0 Å². The van der Waals surface area contributed by atoms with Crippen LogP contribution in [0.3, 0.4) is 0 Å². The van der Waals surface area contributed by atoms with E-state index in [0.717, 1.165) is 0 Å². The zero-order chi connectivity index (χ0) is 35.3. The summed E-state index contributed by atoms with van der Waals surface area (Å²) in [6, 6.07) is 71.4. The van der Waals surface area contributed by atoms with Crippen LogP contribution in [0.1, 0.15) is 0 Å². The summed E-state index contributed by atoms with van der Waals surface area (Å²) in [5.74, 6) is 0. The fourth-order valence-corrected chi connectivity index (χ4v) is 9.27. The van der Waals surface area contributed by atoms with Gasteiger partial charge < -0.3 is 9.13 Å². The molecule has 2 heteroatoms. The smallest absolute Gasteiger partial charge is 0.0541 e. The van der Waals surface area contributed by atoms with Crippen molar-refractivity contribution in [2.24, 2.45) is 0 Å². The van der Waals surface area contributed by atoms with Crippen molar-refractivity contribution in [3.05, 3.63) is 194 Å². The van der Waals surface area contributed by atoms with Gasteiger partial charge in [0, 0.05) is 32.6 Å². The normalized spacial score (nSPS) is 12.1. The van der Waals surface area contributed by atoms with Crippen molar-refractivity contribution in [3.8, 4) is 55.9 Å². The summed E-state index contributed by atoms with van der Waals surface area (Å²) in [7, 11) is 0. The molecular weight excluding hydrogens is 653 g/mol. The van der Waals surface area contributed by atoms with Gasteiger partial charge in [-0.25, -0.2) is 0 Å². The lowest BCUT2D eigenvalue weighted by atomic mass is 9.97. The van der Waals surface area contributed by atoms with Crippen LogP contribution >= 0.6 is 0 Å². The second-order valence-corrected chi connectivity index (χ2v) is 14.5. The molecule has 0 unspecified atom stereocenters. The molecule has 11 aromatic rings. The van der Waals surface area contributed by atoms with E-state index in [-0.39, 0.29) is 0 Å². The molecule has 9 aromatic carbocycles. The van der Waals surface area contributed by atoms with Gasteiger partial charge in [0.05, 0.1) is 27.8 Å². The Morgan fingerprint density at radius 3 is 1.50 bits per heavy atom. The van der Waals surface area contributed by atoms with Crippen LogP contribution in [-0.2, 0) is 0 Å². The number of fused-ring (bicyclic) bond motifs is 9.